The Morgan fingerprint density at radius 1 is 1.03 bits per heavy atom. The van der Waals surface area contributed by atoms with Gasteiger partial charge in [-0.05, 0) is 48.7 Å². The van der Waals surface area contributed by atoms with Gasteiger partial charge in [-0.25, -0.2) is 4.68 Å². The van der Waals surface area contributed by atoms with Crippen LogP contribution in [0.2, 0.25) is 0 Å². The molecule has 3 N–H and O–H groups in total. The van der Waals surface area contributed by atoms with Crippen molar-refractivity contribution in [3.63, 3.8) is 0 Å². The van der Waals surface area contributed by atoms with Crippen LogP contribution in [0.4, 0.5) is 5.69 Å². The third-order valence-corrected chi connectivity index (χ3v) is 5.86. The van der Waals surface area contributed by atoms with E-state index in [0.717, 1.165) is 11.3 Å². The summed E-state index contributed by atoms with van der Waals surface area (Å²) in [5, 5.41) is 11.3. The fraction of sp³-hybridized carbons (Fsp3) is 0.318. The van der Waals surface area contributed by atoms with E-state index < -0.39 is 5.25 Å². The van der Waals surface area contributed by atoms with Gasteiger partial charge in [-0.3, -0.25) is 4.79 Å². The number of amides is 1. The number of nitrogens with one attached hydrogen (secondary N) is 1. The average Bonchev–Trinajstić information content (AvgIpc) is 3.13. The second-order valence-corrected chi connectivity index (χ2v) is 8.58. The zero-order chi connectivity index (χ0) is 22.5. The first kappa shape index (κ1) is 22.5. The van der Waals surface area contributed by atoms with Crippen molar-refractivity contribution in [1.82, 2.24) is 14.9 Å². The molecule has 1 unspecified atom stereocenters. The highest BCUT2D eigenvalue weighted by Gasteiger charge is 2.21. The SMILES string of the molecule is COc1ccc(-c2nnc(SC(C)C(=O)Nc3ccc(C(C)C)cc3)n2N)cc1OC. The second-order valence-electron chi connectivity index (χ2n) is 7.27. The number of carbonyl (C=O) groups is 1. The van der Waals surface area contributed by atoms with Crippen LogP contribution >= 0.6 is 11.8 Å². The molecule has 1 heterocycles. The first-order chi connectivity index (χ1) is 14.8. The Balaban J connectivity index is 1.70. The Labute approximate surface area is 186 Å². The van der Waals surface area contributed by atoms with Crippen LogP contribution < -0.4 is 20.6 Å². The number of benzene rings is 2. The lowest BCUT2D eigenvalue weighted by molar-refractivity contribution is -0.115. The quantitative estimate of drug-likeness (QED) is 0.403. The summed E-state index contributed by atoms with van der Waals surface area (Å²) in [6.07, 6.45) is 0. The molecule has 1 amide bonds. The van der Waals surface area contributed by atoms with Crippen molar-refractivity contribution in [2.75, 3.05) is 25.4 Å². The number of anilines is 1. The van der Waals surface area contributed by atoms with Gasteiger partial charge in [0.25, 0.3) is 0 Å². The van der Waals surface area contributed by atoms with E-state index in [1.165, 1.54) is 22.0 Å². The van der Waals surface area contributed by atoms with Crippen LogP contribution in [0.25, 0.3) is 11.4 Å². The van der Waals surface area contributed by atoms with Crippen molar-refractivity contribution in [1.29, 1.82) is 0 Å². The van der Waals surface area contributed by atoms with Crippen LogP contribution in [0, 0.1) is 0 Å². The fourth-order valence-electron chi connectivity index (χ4n) is 2.94. The van der Waals surface area contributed by atoms with E-state index in [1.54, 1.807) is 33.3 Å². The Bertz CT molecular complexity index is 1050. The molecule has 8 nitrogen and oxygen atoms in total. The van der Waals surface area contributed by atoms with Crippen LogP contribution in [-0.2, 0) is 4.79 Å². The number of methoxy groups -OCH3 is 2. The molecular formula is C22H27N5O3S. The summed E-state index contributed by atoms with van der Waals surface area (Å²) in [6, 6.07) is 13.2. The maximum absolute atomic E-state index is 12.6. The fourth-order valence-corrected chi connectivity index (χ4v) is 3.71. The number of carbonyl (C=O) groups excluding carboxylic acids is 1. The number of hydrogen-bond donors (Lipinski definition) is 2. The molecule has 31 heavy (non-hydrogen) atoms. The van der Waals surface area contributed by atoms with Gasteiger partial charge in [0.2, 0.25) is 11.1 Å². The van der Waals surface area contributed by atoms with Crippen molar-refractivity contribution >= 4 is 23.4 Å². The molecule has 2 aromatic carbocycles. The van der Waals surface area contributed by atoms with Crippen molar-refractivity contribution in [3.8, 4) is 22.9 Å². The van der Waals surface area contributed by atoms with Gasteiger partial charge in [-0.15, -0.1) is 10.2 Å². The zero-order valence-corrected chi connectivity index (χ0v) is 19.1. The minimum Gasteiger partial charge on any atom is -0.493 e. The Kier molecular flexibility index (Phi) is 7.06. The smallest absolute Gasteiger partial charge is 0.237 e. The standard InChI is InChI=1S/C22H27N5O3S/c1-13(2)15-6-9-17(10-7-15)24-21(28)14(3)31-22-26-25-20(27(22)23)16-8-11-18(29-4)19(12-16)30-5/h6-14H,23H2,1-5H3,(H,24,28). The molecule has 0 radical (unpaired) electrons. The Hall–Kier alpha value is -3.20. The number of rotatable bonds is 8. The van der Waals surface area contributed by atoms with E-state index in [4.69, 9.17) is 15.3 Å². The summed E-state index contributed by atoms with van der Waals surface area (Å²) in [5.41, 5.74) is 2.70. The van der Waals surface area contributed by atoms with Crippen LogP contribution in [0.15, 0.2) is 47.6 Å². The van der Waals surface area contributed by atoms with Gasteiger partial charge in [-0.2, -0.15) is 0 Å². The molecule has 0 saturated heterocycles. The van der Waals surface area contributed by atoms with Crippen LogP contribution in [0.5, 0.6) is 11.5 Å². The maximum atomic E-state index is 12.6. The van der Waals surface area contributed by atoms with Crippen LogP contribution in [0.1, 0.15) is 32.3 Å². The number of hydrogen-bond acceptors (Lipinski definition) is 7. The minimum absolute atomic E-state index is 0.141. The van der Waals surface area contributed by atoms with E-state index in [1.807, 2.05) is 30.3 Å². The molecule has 1 aromatic heterocycles. The predicted octanol–water partition coefficient (Wildman–Crippen LogP) is 3.92. The van der Waals surface area contributed by atoms with Gasteiger partial charge in [0.15, 0.2) is 17.3 Å². The molecule has 9 heteroatoms. The minimum atomic E-state index is -0.422. The van der Waals surface area contributed by atoms with E-state index in [2.05, 4.69) is 29.4 Å². The third kappa shape index (κ3) is 5.11. The van der Waals surface area contributed by atoms with Gasteiger partial charge in [0.1, 0.15) is 0 Å². The summed E-state index contributed by atoms with van der Waals surface area (Å²) in [6.45, 7) is 6.06. The highest BCUT2D eigenvalue weighted by Crippen LogP contribution is 2.32. The first-order valence-corrected chi connectivity index (χ1v) is 10.7. The largest absolute Gasteiger partial charge is 0.493 e. The monoisotopic (exact) mass is 441 g/mol. The summed E-state index contributed by atoms with van der Waals surface area (Å²) in [7, 11) is 3.13. The van der Waals surface area contributed by atoms with Crippen molar-refractivity contribution in [3.05, 3.63) is 48.0 Å². The molecule has 3 aromatic rings. The lowest BCUT2D eigenvalue weighted by Gasteiger charge is -2.13. The highest BCUT2D eigenvalue weighted by atomic mass is 32.2. The number of aromatic nitrogens is 3. The second kappa shape index (κ2) is 9.74. The van der Waals surface area contributed by atoms with Crippen molar-refractivity contribution in [2.24, 2.45) is 0 Å². The number of thioether (sulfide) groups is 1. The summed E-state index contributed by atoms with van der Waals surface area (Å²) >= 11 is 1.24. The van der Waals surface area contributed by atoms with Gasteiger partial charge < -0.3 is 20.6 Å². The third-order valence-electron chi connectivity index (χ3n) is 4.80. The number of nitrogen functional groups attached to an aromatic ring is 1. The van der Waals surface area contributed by atoms with Gasteiger partial charge in [-0.1, -0.05) is 37.7 Å². The molecule has 0 aliphatic rings. The molecule has 0 aliphatic heterocycles. The Morgan fingerprint density at radius 2 is 1.71 bits per heavy atom. The van der Waals surface area contributed by atoms with E-state index in [9.17, 15) is 4.79 Å². The topological polar surface area (TPSA) is 104 Å². The van der Waals surface area contributed by atoms with Crippen LogP contribution in [-0.4, -0.2) is 40.3 Å². The lowest BCUT2D eigenvalue weighted by atomic mass is 10.0. The van der Waals surface area contributed by atoms with Gasteiger partial charge in [0, 0.05) is 11.3 Å². The number of ether oxygens (including phenoxy) is 2. The molecule has 0 bridgehead atoms. The normalized spacial score (nSPS) is 11.9. The molecule has 0 spiro atoms. The molecule has 1 atom stereocenters. The first-order valence-electron chi connectivity index (χ1n) is 9.84. The highest BCUT2D eigenvalue weighted by molar-refractivity contribution is 8.00. The molecule has 164 valence electrons. The van der Waals surface area contributed by atoms with Crippen molar-refractivity contribution < 1.29 is 14.3 Å². The predicted molar refractivity (Wildman–Crippen MR) is 123 cm³/mol. The maximum Gasteiger partial charge on any atom is 0.237 e. The lowest BCUT2D eigenvalue weighted by Crippen LogP contribution is -2.23. The Morgan fingerprint density at radius 3 is 2.32 bits per heavy atom. The molecular weight excluding hydrogens is 414 g/mol. The summed E-state index contributed by atoms with van der Waals surface area (Å²) in [4.78, 5) is 12.6. The number of nitrogens with two attached hydrogens (primary N) is 1. The van der Waals surface area contributed by atoms with E-state index >= 15 is 0 Å². The number of nitrogens with zero attached hydrogens (tertiary/aromatic N) is 3. The van der Waals surface area contributed by atoms with E-state index in [0.29, 0.717) is 28.4 Å². The molecule has 3 rings (SSSR count). The average molecular weight is 442 g/mol. The zero-order valence-electron chi connectivity index (χ0n) is 18.2. The van der Waals surface area contributed by atoms with Crippen LogP contribution in [0.3, 0.4) is 0 Å². The van der Waals surface area contributed by atoms with Gasteiger partial charge >= 0.3 is 0 Å². The van der Waals surface area contributed by atoms with Gasteiger partial charge in [0.05, 0.1) is 19.5 Å². The van der Waals surface area contributed by atoms with E-state index in [-0.39, 0.29) is 5.91 Å². The molecule has 0 saturated carbocycles. The molecule has 0 aliphatic carbocycles. The van der Waals surface area contributed by atoms with Crippen molar-refractivity contribution in [2.45, 2.75) is 37.1 Å². The molecule has 0 fully saturated rings. The summed E-state index contributed by atoms with van der Waals surface area (Å²) < 4.78 is 12.0. The summed E-state index contributed by atoms with van der Waals surface area (Å²) in [5.74, 6) is 8.14.